The lowest BCUT2D eigenvalue weighted by molar-refractivity contribution is -0.118. The van der Waals surface area contributed by atoms with E-state index in [4.69, 9.17) is 9.47 Å². The molecule has 0 heterocycles. The Kier molecular flexibility index (Phi) is 6.67. The molecule has 2 aromatic rings. The molecule has 4 nitrogen and oxygen atoms in total. The van der Waals surface area contributed by atoms with Crippen molar-refractivity contribution in [2.45, 2.75) is 26.2 Å². The fraction of sp³-hybridized carbons (Fsp3) is 0.316. The Morgan fingerprint density at radius 2 is 1.92 bits per heavy atom. The van der Waals surface area contributed by atoms with Crippen LogP contribution in [0.3, 0.4) is 0 Å². The van der Waals surface area contributed by atoms with Crippen LogP contribution in [0.5, 0.6) is 11.5 Å². The Balaban J connectivity index is 1.91. The molecular formula is C19H22BrNO3. The lowest BCUT2D eigenvalue weighted by Crippen LogP contribution is -2.20. The number of hydrogen-bond donors (Lipinski definition) is 1. The Hall–Kier alpha value is -2.01. The maximum atomic E-state index is 12.0. The zero-order valence-corrected chi connectivity index (χ0v) is 15.7. The van der Waals surface area contributed by atoms with E-state index in [9.17, 15) is 4.79 Å². The van der Waals surface area contributed by atoms with Crippen molar-refractivity contribution >= 4 is 27.5 Å². The van der Waals surface area contributed by atoms with Crippen molar-refractivity contribution in [3.05, 3.63) is 52.5 Å². The number of anilines is 1. The van der Waals surface area contributed by atoms with Crippen molar-refractivity contribution in [2.75, 3.05) is 19.0 Å². The summed E-state index contributed by atoms with van der Waals surface area (Å²) >= 11 is 3.51. The first-order valence-corrected chi connectivity index (χ1v) is 8.69. The number of rotatable bonds is 7. The number of nitrogens with one attached hydrogen (secondary N) is 1. The fourth-order valence-corrected chi connectivity index (χ4v) is 2.70. The molecule has 0 aromatic heterocycles. The summed E-state index contributed by atoms with van der Waals surface area (Å²) in [4.78, 5) is 12.0. The molecule has 1 unspecified atom stereocenters. The number of halogens is 1. The van der Waals surface area contributed by atoms with Crippen LogP contribution >= 0.6 is 15.9 Å². The van der Waals surface area contributed by atoms with E-state index in [-0.39, 0.29) is 12.5 Å². The molecule has 0 aliphatic rings. The highest BCUT2D eigenvalue weighted by molar-refractivity contribution is 9.10. The van der Waals surface area contributed by atoms with Gasteiger partial charge in [0, 0.05) is 5.69 Å². The average Bonchev–Trinajstić information content (AvgIpc) is 2.60. The molecule has 1 atom stereocenters. The molecule has 1 amide bonds. The topological polar surface area (TPSA) is 47.6 Å². The summed E-state index contributed by atoms with van der Waals surface area (Å²) in [6, 6.07) is 13.1. The Bertz CT molecular complexity index is 686. The molecule has 0 fully saturated rings. The van der Waals surface area contributed by atoms with E-state index < -0.39 is 0 Å². The summed E-state index contributed by atoms with van der Waals surface area (Å²) in [5, 5.41) is 2.79. The maximum Gasteiger partial charge on any atom is 0.262 e. The minimum Gasteiger partial charge on any atom is -0.497 e. The Labute approximate surface area is 151 Å². The SMILES string of the molecule is CCC(C)c1ccc(OCC(=O)Nc2ccc(OC)cc2)c(Br)c1. The van der Waals surface area contributed by atoms with Crippen molar-refractivity contribution < 1.29 is 14.3 Å². The van der Waals surface area contributed by atoms with Crippen LogP contribution in [-0.4, -0.2) is 19.6 Å². The van der Waals surface area contributed by atoms with E-state index in [0.29, 0.717) is 17.4 Å². The highest BCUT2D eigenvalue weighted by Crippen LogP contribution is 2.30. The van der Waals surface area contributed by atoms with Gasteiger partial charge < -0.3 is 14.8 Å². The van der Waals surface area contributed by atoms with Gasteiger partial charge in [0.1, 0.15) is 11.5 Å². The lowest BCUT2D eigenvalue weighted by atomic mass is 9.99. The van der Waals surface area contributed by atoms with Gasteiger partial charge in [-0.05, 0) is 70.2 Å². The molecule has 0 bridgehead atoms. The largest absolute Gasteiger partial charge is 0.497 e. The molecular weight excluding hydrogens is 370 g/mol. The molecule has 1 N–H and O–H groups in total. The first-order valence-electron chi connectivity index (χ1n) is 7.89. The number of carbonyl (C=O) groups is 1. The van der Waals surface area contributed by atoms with Crippen LogP contribution in [0.1, 0.15) is 31.7 Å². The summed E-state index contributed by atoms with van der Waals surface area (Å²) in [6.45, 7) is 4.30. The second-order valence-corrected chi connectivity index (χ2v) is 6.42. The van der Waals surface area contributed by atoms with Gasteiger partial charge >= 0.3 is 0 Å². The van der Waals surface area contributed by atoms with Crippen LogP contribution in [0.25, 0.3) is 0 Å². The molecule has 2 aromatic carbocycles. The molecule has 2 rings (SSSR count). The third kappa shape index (κ3) is 4.99. The van der Waals surface area contributed by atoms with Crippen LogP contribution in [0.2, 0.25) is 0 Å². The van der Waals surface area contributed by atoms with Crippen LogP contribution in [0.15, 0.2) is 46.9 Å². The van der Waals surface area contributed by atoms with Crippen molar-refractivity contribution in [3.8, 4) is 11.5 Å². The molecule has 0 saturated carbocycles. The normalized spacial score (nSPS) is 11.7. The molecule has 128 valence electrons. The minimum absolute atomic E-state index is 0.0483. The van der Waals surface area contributed by atoms with Crippen molar-refractivity contribution in [3.63, 3.8) is 0 Å². The first kappa shape index (κ1) is 18.3. The van der Waals surface area contributed by atoms with Crippen molar-refractivity contribution in [1.82, 2.24) is 0 Å². The van der Waals surface area contributed by atoms with Gasteiger partial charge in [-0.2, -0.15) is 0 Å². The van der Waals surface area contributed by atoms with Gasteiger partial charge in [-0.1, -0.05) is 19.9 Å². The second-order valence-electron chi connectivity index (χ2n) is 5.56. The number of carbonyl (C=O) groups excluding carboxylic acids is 1. The molecule has 0 spiro atoms. The van der Waals surface area contributed by atoms with E-state index in [1.807, 2.05) is 18.2 Å². The maximum absolute atomic E-state index is 12.0. The minimum atomic E-state index is -0.210. The van der Waals surface area contributed by atoms with E-state index >= 15 is 0 Å². The zero-order chi connectivity index (χ0) is 17.5. The third-order valence-corrected chi connectivity index (χ3v) is 4.49. The molecule has 0 aliphatic carbocycles. The van der Waals surface area contributed by atoms with Gasteiger partial charge in [0.05, 0.1) is 11.6 Å². The number of methoxy groups -OCH3 is 1. The summed E-state index contributed by atoms with van der Waals surface area (Å²) in [6.07, 6.45) is 1.08. The predicted molar refractivity (Wildman–Crippen MR) is 100.0 cm³/mol. The van der Waals surface area contributed by atoms with Crippen LogP contribution in [0, 0.1) is 0 Å². The highest BCUT2D eigenvalue weighted by atomic mass is 79.9. The quantitative estimate of drug-likeness (QED) is 0.722. The standard InChI is InChI=1S/C19H22BrNO3/c1-4-13(2)14-5-10-18(17(20)11-14)24-12-19(22)21-15-6-8-16(23-3)9-7-15/h5-11,13H,4,12H2,1-3H3,(H,21,22). The van der Waals surface area contributed by atoms with E-state index in [0.717, 1.165) is 16.6 Å². The summed E-state index contributed by atoms with van der Waals surface area (Å²) in [5.41, 5.74) is 1.95. The fourth-order valence-electron chi connectivity index (χ4n) is 2.19. The molecule has 0 radical (unpaired) electrons. The number of ether oxygens (including phenoxy) is 2. The predicted octanol–water partition coefficient (Wildman–Crippen LogP) is 4.99. The van der Waals surface area contributed by atoms with Gasteiger partial charge in [-0.3, -0.25) is 4.79 Å². The van der Waals surface area contributed by atoms with Crippen LogP contribution in [-0.2, 0) is 4.79 Å². The Morgan fingerprint density at radius 1 is 1.21 bits per heavy atom. The van der Waals surface area contributed by atoms with Gasteiger partial charge in [-0.15, -0.1) is 0 Å². The van der Waals surface area contributed by atoms with Crippen molar-refractivity contribution in [2.24, 2.45) is 0 Å². The highest BCUT2D eigenvalue weighted by Gasteiger charge is 2.09. The second kappa shape index (κ2) is 8.73. The van der Waals surface area contributed by atoms with Crippen LogP contribution in [0.4, 0.5) is 5.69 Å². The Morgan fingerprint density at radius 3 is 2.50 bits per heavy atom. The zero-order valence-electron chi connectivity index (χ0n) is 14.1. The molecule has 0 aliphatic heterocycles. The smallest absolute Gasteiger partial charge is 0.262 e. The van der Waals surface area contributed by atoms with E-state index in [2.05, 4.69) is 35.1 Å². The van der Waals surface area contributed by atoms with Gasteiger partial charge in [0.2, 0.25) is 0 Å². The molecule has 5 heteroatoms. The first-order chi connectivity index (χ1) is 11.5. The van der Waals surface area contributed by atoms with E-state index in [1.165, 1.54) is 5.56 Å². The van der Waals surface area contributed by atoms with Gasteiger partial charge in [0.15, 0.2) is 6.61 Å². The molecule has 24 heavy (non-hydrogen) atoms. The summed E-state index contributed by atoms with van der Waals surface area (Å²) in [7, 11) is 1.60. The van der Waals surface area contributed by atoms with Crippen molar-refractivity contribution in [1.29, 1.82) is 0 Å². The van der Waals surface area contributed by atoms with Gasteiger partial charge in [0.25, 0.3) is 5.91 Å². The average molecular weight is 392 g/mol. The number of benzene rings is 2. The summed E-state index contributed by atoms with van der Waals surface area (Å²) < 4.78 is 11.5. The van der Waals surface area contributed by atoms with E-state index in [1.54, 1.807) is 31.4 Å². The molecule has 0 saturated heterocycles. The van der Waals surface area contributed by atoms with Crippen LogP contribution < -0.4 is 14.8 Å². The summed E-state index contributed by atoms with van der Waals surface area (Å²) in [5.74, 6) is 1.69. The lowest BCUT2D eigenvalue weighted by Gasteiger charge is -2.13. The number of hydrogen-bond acceptors (Lipinski definition) is 3. The number of amides is 1. The monoisotopic (exact) mass is 391 g/mol. The van der Waals surface area contributed by atoms with Gasteiger partial charge in [-0.25, -0.2) is 0 Å². The third-order valence-electron chi connectivity index (χ3n) is 3.87.